The molecule has 3 nitrogen and oxygen atoms in total. The lowest BCUT2D eigenvalue weighted by molar-refractivity contribution is 0.0508. The first-order valence-electron chi connectivity index (χ1n) is 6.08. The summed E-state index contributed by atoms with van der Waals surface area (Å²) in [5, 5.41) is 0.402. The SMILES string of the molecule is COC(C1CC1)C(Cc1ccc(Cl)cc1F)NN. The van der Waals surface area contributed by atoms with Crippen LogP contribution in [0.2, 0.25) is 5.02 Å². The molecule has 1 aromatic carbocycles. The number of nitrogens with two attached hydrogens (primary N) is 1. The largest absolute Gasteiger partial charge is 0.379 e. The Morgan fingerprint density at radius 1 is 1.56 bits per heavy atom. The van der Waals surface area contributed by atoms with Crippen molar-refractivity contribution in [1.29, 1.82) is 0 Å². The van der Waals surface area contributed by atoms with Gasteiger partial charge in [-0.25, -0.2) is 4.39 Å². The second-order valence-electron chi connectivity index (χ2n) is 4.75. The molecule has 2 atom stereocenters. The summed E-state index contributed by atoms with van der Waals surface area (Å²) >= 11 is 5.73. The Kier molecular flexibility index (Phi) is 4.56. The highest BCUT2D eigenvalue weighted by atomic mass is 35.5. The topological polar surface area (TPSA) is 47.3 Å². The normalized spacial score (nSPS) is 18.7. The van der Waals surface area contributed by atoms with Crippen LogP contribution in [0.1, 0.15) is 18.4 Å². The van der Waals surface area contributed by atoms with Gasteiger partial charge in [0.1, 0.15) is 5.82 Å². The zero-order valence-corrected chi connectivity index (χ0v) is 11.1. The van der Waals surface area contributed by atoms with Crippen LogP contribution in [0.5, 0.6) is 0 Å². The van der Waals surface area contributed by atoms with Crippen molar-refractivity contribution in [3.63, 3.8) is 0 Å². The van der Waals surface area contributed by atoms with Gasteiger partial charge in [-0.3, -0.25) is 11.3 Å². The molecule has 100 valence electrons. The van der Waals surface area contributed by atoms with Crippen LogP contribution in [0.4, 0.5) is 4.39 Å². The van der Waals surface area contributed by atoms with Crippen molar-refractivity contribution < 1.29 is 9.13 Å². The fourth-order valence-electron chi connectivity index (χ4n) is 2.30. The molecular formula is C13H18ClFN2O. The third-order valence-electron chi connectivity index (χ3n) is 3.42. The predicted molar refractivity (Wildman–Crippen MR) is 69.7 cm³/mol. The highest BCUT2D eigenvalue weighted by molar-refractivity contribution is 6.30. The zero-order valence-electron chi connectivity index (χ0n) is 10.3. The summed E-state index contributed by atoms with van der Waals surface area (Å²) in [5.74, 6) is 5.80. The monoisotopic (exact) mass is 272 g/mol. The van der Waals surface area contributed by atoms with E-state index in [9.17, 15) is 4.39 Å². The van der Waals surface area contributed by atoms with E-state index in [4.69, 9.17) is 22.2 Å². The molecule has 0 aromatic heterocycles. The fourth-order valence-corrected chi connectivity index (χ4v) is 2.46. The number of halogens is 2. The van der Waals surface area contributed by atoms with Crippen molar-refractivity contribution in [2.75, 3.05) is 7.11 Å². The highest BCUT2D eigenvalue weighted by Crippen LogP contribution is 2.36. The average molecular weight is 273 g/mol. The van der Waals surface area contributed by atoms with Crippen molar-refractivity contribution in [3.8, 4) is 0 Å². The summed E-state index contributed by atoms with van der Waals surface area (Å²) in [4.78, 5) is 0. The van der Waals surface area contributed by atoms with Crippen molar-refractivity contribution in [2.45, 2.75) is 31.4 Å². The van der Waals surface area contributed by atoms with E-state index in [0.717, 1.165) is 12.8 Å². The molecule has 0 aliphatic heterocycles. The molecule has 0 bridgehead atoms. The summed E-state index contributed by atoms with van der Waals surface area (Å²) in [6, 6.07) is 4.62. The first-order chi connectivity index (χ1) is 8.65. The van der Waals surface area contributed by atoms with Crippen LogP contribution in [-0.2, 0) is 11.2 Å². The van der Waals surface area contributed by atoms with E-state index in [1.807, 2.05) is 0 Å². The summed E-state index contributed by atoms with van der Waals surface area (Å²) in [5.41, 5.74) is 3.34. The second-order valence-corrected chi connectivity index (χ2v) is 5.19. The predicted octanol–water partition coefficient (Wildman–Crippen LogP) is 2.28. The molecule has 18 heavy (non-hydrogen) atoms. The van der Waals surface area contributed by atoms with E-state index in [1.54, 1.807) is 19.2 Å². The molecule has 0 heterocycles. The van der Waals surface area contributed by atoms with Crippen molar-refractivity contribution in [3.05, 3.63) is 34.6 Å². The van der Waals surface area contributed by atoms with Gasteiger partial charge < -0.3 is 4.74 Å². The van der Waals surface area contributed by atoms with Gasteiger partial charge >= 0.3 is 0 Å². The van der Waals surface area contributed by atoms with Crippen LogP contribution < -0.4 is 11.3 Å². The van der Waals surface area contributed by atoms with E-state index in [-0.39, 0.29) is 18.0 Å². The summed E-state index contributed by atoms with van der Waals surface area (Å²) < 4.78 is 19.2. The van der Waals surface area contributed by atoms with Gasteiger partial charge in [0.05, 0.1) is 12.1 Å². The van der Waals surface area contributed by atoms with Gasteiger partial charge in [0, 0.05) is 12.1 Å². The maximum Gasteiger partial charge on any atom is 0.127 e. The van der Waals surface area contributed by atoms with Crippen LogP contribution >= 0.6 is 11.6 Å². The van der Waals surface area contributed by atoms with Crippen LogP contribution in [0.15, 0.2) is 18.2 Å². The summed E-state index contributed by atoms with van der Waals surface area (Å²) in [6.45, 7) is 0. The Hall–Kier alpha value is -0.680. The molecule has 2 unspecified atom stereocenters. The minimum Gasteiger partial charge on any atom is -0.379 e. The Balaban J connectivity index is 2.09. The van der Waals surface area contributed by atoms with E-state index in [2.05, 4.69) is 5.43 Å². The molecule has 0 saturated heterocycles. The Morgan fingerprint density at radius 2 is 2.28 bits per heavy atom. The summed E-state index contributed by atoms with van der Waals surface area (Å²) in [6.07, 6.45) is 2.83. The molecule has 5 heteroatoms. The molecule has 1 fully saturated rings. The Labute approximate surface area is 111 Å². The molecule has 1 aliphatic carbocycles. The van der Waals surface area contributed by atoms with Gasteiger partial charge in [0.15, 0.2) is 0 Å². The maximum atomic E-state index is 13.7. The zero-order chi connectivity index (χ0) is 13.1. The van der Waals surface area contributed by atoms with Gasteiger partial charge in [0.2, 0.25) is 0 Å². The summed E-state index contributed by atoms with van der Waals surface area (Å²) in [7, 11) is 1.67. The van der Waals surface area contributed by atoms with E-state index in [0.29, 0.717) is 22.9 Å². The lowest BCUT2D eigenvalue weighted by atomic mass is 9.98. The van der Waals surface area contributed by atoms with Crippen LogP contribution in [-0.4, -0.2) is 19.3 Å². The Morgan fingerprint density at radius 3 is 2.78 bits per heavy atom. The molecule has 1 aliphatic rings. The van der Waals surface area contributed by atoms with Crippen molar-refractivity contribution in [1.82, 2.24) is 5.43 Å². The average Bonchev–Trinajstić information content (AvgIpc) is 3.16. The first-order valence-corrected chi connectivity index (χ1v) is 6.46. The number of hydrogen-bond acceptors (Lipinski definition) is 3. The minimum absolute atomic E-state index is 0.0325. The second kappa shape index (κ2) is 5.97. The number of hydrogen-bond donors (Lipinski definition) is 2. The number of rotatable bonds is 6. The number of nitrogens with one attached hydrogen (secondary N) is 1. The molecular weight excluding hydrogens is 255 g/mol. The van der Waals surface area contributed by atoms with Crippen LogP contribution in [0.25, 0.3) is 0 Å². The van der Waals surface area contributed by atoms with Gasteiger partial charge in [-0.2, -0.15) is 0 Å². The van der Waals surface area contributed by atoms with Crippen LogP contribution in [0.3, 0.4) is 0 Å². The molecule has 1 saturated carbocycles. The molecule has 0 spiro atoms. The molecule has 0 amide bonds. The standard InChI is InChI=1S/C13H18ClFN2O/c1-18-13(8-2-3-8)12(17-16)6-9-4-5-10(14)7-11(9)15/h4-5,7-8,12-13,17H,2-3,6,16H2,1H3. The molecule has 2 rings (SSSR count). The third kappa shape index (κ3) is 3.20. The van der Waals surface area contributed by atoms with Crippen molar-refractivity contribution in [2.24, 2.45) is 11.8 Å². The minimum atomic E-state index is -0.298. The maximum absolute atomic E-state index is 13.7. The number of methoxy groups -OCH3 is 1. The number of benzene rings is 1. The third-order valence-corrected chi connectivity index (χ3v) is 3.66. The van der Waals surface area contributed by atoms with E-state index in [1.165, 1.54) is 6.07 Å². The molecule has 1 aromatic rings. The fraction of sp³-hybridized carbons (Fsp3) is 0.538. The van der Waals surface area contributed by atoms with E-state index >= 15 is 0 Å². The van der Waals surface area contributed by atoms with Gasteiger partial charge in [-0.15, -0.1) is 0 Å². The van der Waals surface area contributed by atoms with Gasteiger partial charge in [0.25, 0.3) is 0 Å². The Bertz CT molecular complexity index is 412. The number of hydrazine groups is 1. The lowest BCUT2D eigenvalue weighted by Crippen LogP contribution is -2.47. The first kappa shape index (κ1) is 13.7. The molecule has 0 radical (unpaired) electrons. The number of ether oxygens (including phenoxy) is 1. The van der Waals surface area contributed by atoms with Crippen LogP contribution in [0, 0.1) is 11.7 Å². The van der Waals surface area contributed by atoms with E-state index < -0.39 is 0 Å². The highest BCUT2D eigenvalue weighted by Gasteiger charge is 2.36. The quantitative estimate of drug-likeness (QED) is 0.617. The lowest BCUT2D eigenvalue weighted by Gasteiger charge is -2.25. The van der Waals surface area contributed by atoms with Crippen molar-refractivity contribution >= 4 is 11.6 Å². The smallest absolute Gasteiger partial charge is 0.127 e. The molecule has 3 N–H and O–H groups in total. The van der Waals surface area contributed by atoms with Gasteiger partial charge in [-0.1, -0.05) is 17.7 Å². The van der Waals surface area contributed by atoms with Gasteiger partial charge in [-0.05, 0) is 42.9 Å².